The van der Waals surface area contributed by atoms with Crippen LogP contribution in [-0.2, 0) is 4.74 Å². The van der Waals surface area contributed by atoms with E-state index in [1.165, 1.54) is 17.1 Å². The fourth-order valence-corrected chi connectivity index (χ4v) is 5.01. The molecule has 1 N–H and O–H groups in total. The standard InChI is InChI=1S/C24H27FN8O2.CH4.ClH/c1-15-8-23(33-14-28-29-30-33)27-9-19(15)21(34)11-31-6-7-32-12-22(35-13-17(32)10-31)18-4-5-20(25)24(26-3)16(18)2;;/h4-5,8-9,14,17,21-22,34H,6-7,10-13H2,1-2H3;1H4;1H/t17-,21?,22-;;/m0../s1. The number of tetrazole rings is 1. The van der Waals surface area contributed by atoms with Gasteiger partial charge in [-0.1, -0.05) is 13.5 Å². The fraction of sp³-hybridized carbons (Fsp3) is 0.480. The molecule has 37 heavy (non-hydrogen) atoms. The number of benzene rings is 1. The molecule has 0 bridgehead atoms. The molecule has 2 fully saturated rings. The Bertz CT molecular complexity index is 1250. The van der Waals surface area contributed by atoms with Crippen LogP contribution in [0.2, 0.25) is 0 Å². The summed E-state index contributed by atoms with van der Waals surface area (Å²) in [5.74, 6) is 0.114. The number of morpholine rings is 1. The van der Waals surface area contributed by atoms with E-state index >= 15 is 0 Å². The molecular weight excluding hydrogens is 499 g/mol. The Labute approximate surface area is 222 Å². The largest absolute Gasteiger partial charge is 0.387 e. The minimum atomic E-state index is -0.664. The van der Waals surface area contributed by atoms with Gasteiger partial charge in [0.1, 0.15) is 12.1 Å². The van der Waals surface area contributed by atoms with Gasteiger partial charge in [-0.25, -0.2) is 14.2 Å². The van der Waals surface area contributed by atoms with Crippen LogP contribution < -0.4 is 0 Å². The molecule has 12 heteroatoms. The number of aromatic nitrogens is 5. The summed E-state index contributed by atoms with van der Waals surface area (Å²) in [5.41, 5.74) is 3.31. The summed E-state index contributed by atoms with van der Waals surface area (Å²) in [6, 6.07) is 5.17. The zero-order valence-corrected chi connectivity index (χ0v) is 20.9. The predicted molar refractivity (Wildman–Crippen MR) is 139 cm³/mol. The van der Waals surface area contributed by atoms with Crippen LogP contribution in [0.4, 0.5) is 10.1 Å². The van der Waals surface area contributed by atoms with E-state index in [4.69, 9.17) is 11.3 Å². The molecule has 4 heterocycles. The van der Waals surface area contributed by atoms with Crippen LogP contribution in [0, 0.1) is 26.2 Å². The zero-order valence-electron chi connectivity index (χ0n) is 20.1. The van der Waals surface area contributed by atoms with E-state index in [2.05, 4.69) is 35.2 Å². The first-order valence-corrected chi connectivity index (χ1v) is 11.6. The van der Waals surface area contributed by atoms with Gasteiger partial charge < -0.3 is 9.84 Å². The molecule has 2 aliphatic rings. The molecule has 2 saturated heterocycles. The number of hydrogen-bond acceptors (Lipinski definition) is 8. The molecule has 0 radical (unpaired) electrons. The average molecular weight is 531 g/mol. The molecule has 3 aromatic rings. The molecule has 1 aromatic carbocycles. The monoisotopic (exact) mass is 530 g/mol. The number of aryl methyl sites for hydroxylation is 1. The summed E-state index contributed by atoms with van der Waals surface area (Å²) in [6.07, 6.45) is 2.32. The summed E-state index contributed by atoms with van der Waals surface area (Å²) in [4.78, 5) is 12.4. The first-order valence-electron chi connectivity index (χ1n) is 11.6. The van der Waals surface area contributed by atoms with Crippen molar-refractivity contribution in [2.75, 3.05) is 39.3 Å². The zero-order chi connectivity index (χ0) is 24.5. The maximum Gasteiger partial charge on any atom is 0.225 e. The Morgan fingerprint density at radius 2 is 2.08 bits per heavy atom. The second-order valence-corrected chi connectivity index (χ2v) is 9.12. The smallest absolute Gasteiger partial charge is 0.225 e. The van der Waals surface area contributed by atoms with Gasteiger partial charge in [-0.05, 0) is 53.1 Å². The maximum atomic E-state index is 13.9. The van der Waals surface area contributed by atoms with E-state index in [1.807, 2.05) is 13.0 Å². The van der Waals surface area contributed by atoms with Crippen molar-refractivity contribution in [3.63, 3.8) is 0 Å². The van der Waals surface area contributed by atoms with Gasteiger partial charge in [-0.3, -0.25) is 9.80 Å². The molecule has 0 saturated carbocycles. The van der Waals surface area contributed by atoms with Gasteiger partial charge in [-0.2, -0.15) is 4.68 Å². The highest BCUT2D eigenvalue weighted by Crippen LogP contribution is 2.34. The summed E-state index contributed by atoms with van der Waals surface area (Å²) in [7, 11) is 0. The molecule has 3 atom stereocenters. The van der Waals surface area contributed by atoms with Crippen LogP contribution in [0.5, 0.6) is 0 Å². The van der Waals surface area contributed by atoms with Crippen molar-refractivity contribution in [1.82, 2.24) is 35.0 Å². The van der Waals surface area contributed by atoms with Crippen molar-refractivity contribution in [2.24, 2.45) is 0 Å². The van der Waals surface area contributed by atoms with Crippen LogP contribution in [-0.4, -0.2) is 85.5 Å². The number of rotatable bonds is 5. The van der Waals surface area contributed by atoms with Crippen molar-refractivity contribution in [2.45, 2.75) is 39.5 Å². The van der Waals surface area contributed by atoms with Crippen LogP contribution in [0.3, 0.4) is 0 Å². The van der Waals surface area contributed by atoms with Gasteiger partial charge in [0.2, 0.25) is 5.69 Å². The van der Waals surface area contributed by atoms with Crippen LogP contribution >= 0.6 is 12.4 Å². The lowest BCUT2D eigenvalue weighted by Crippen LogP contribution is -2.58. The number of ether oxygens (including phenoxy) is 1. The van der Waals surface area contributed by atoms with Gasteiger partial charge in [0.25, 0.3) is 0 Å². The van der Waals surface area contributed by atoms with E-state index in [0.717, 1.165) is 36.3 Å². The Hall–Kier alpha value is -3.01. The number of piperazine rings is 1. The molecule has 1 unspecified atom stereocenters. The lowest BCUT2D eigenvalue weighted by Gasteiger charge is -2.46. The van der Waals surface area contributed by atoms with Gasteiger partial charge in [0.15, 0.2) is 5.82 Å². The van der Waals surface area contributed by atoms with Crippen molar-refractivity contribution in [3.8, 4) is 5.82 Å². The van der Waals surface area contributed by atoms with Crippen LogP contribution in [0.1, 0.15) is 41.9 Å². The molecular formula is C25H32ClFN8O2. The highest BCUT2D eigenvalue weighted by atomic mass is 35.5. The van der Waals surface area contributed by atoms with Crippen molar-refractivity contribution >= 4 is 18.1 Å². The van der Waals surface area contributed by atoms with Gasteiger partial charge in [0, 0.05) is 50.5 Å². The molecule has 2 aliphatic heterocycles. The first-order chi connectivity index (χ1) is 16.9. The number of aliphatic hydroxyl groups is 1. The van der Waals surface area contributed by atoms with E-state index in [-0.39, 0.29) is 37.7 Å². The van der Waals surface area contributed by atoms with Crippen molar-refractivity contribution in [3.05, 3.63) is 70.2 Å². The minimum Gasteiger partial charge on any atom is -0.387 e. The van der Waals surface area contributed by atoms with Crippen molar-refractivity contribution < 1.29 is 14.2 Å². The van der Waals surface area contributed by atoms with Gasteiger partial charge in [-0.15, -0.1) is 17.5 Å². The second-order valence-electron chi connectivity index (χ2n) is 9.12. The summed E-state index contributed by atoms with van der Waals surface area (Å²) < 4.78 is 21.6. The molecule has 0 aliphatic carbocycles. The Kier molecular flexibility index (Phi) is 9.28. The van der Waals surface area contributed by atoms with E-state index in [1.54, 1.807) is 19.2 Å². The summed E-state index contributed by atoms with van der Waals surface area (Å²) in [6.45, 7) is 15.2. The number of β-amino-alcohol motifs (C(OH)–C–C–N with tert-alkyl or cyclic N) is 1. The maximum absolute atomic E-state index is 13.9. The molecule has 0 spiro atoms. The number of aliphatic hydroxyl groups excluding tert-OH is 1. The third kappa shape index (κ3) is 5.79. The Balaban J connectivity index is 0.00000190. The highest BCUT2D eigenvalue weighted by Gasteiger charge is 2.35. The minimum absolute atomic E-state index is 0. The van der Waals surface area contributed by atoms with Crippen LogP contribution in [0.15, 0.2) is 30.7 Å². The second kappa shape index (κ2) is 12.0. The molecule has 10 nitrogen and oxygen atoms in total. The van der Waals surface area contributed by atoms with Gasteiger partial charge >= 0.3 is 0 Å². The summed E-state index contributed by atoms with van der Waals surface area (Å²) >= 11 is 0. The normalized spacial score (nSPS) is 20.7. The molecule has 0 amide bonds. The molecule has 198 valence electrons. The number of hydrogen-bond donors (Lipinski definition) is 1. The van der Waals surface area contributed by atoms with Gasteiger partial charge in [0.05, 0.1) is 25.4 Å². The predicted octanol–water partition coefficient (Wildman–Crippen LogP) is 3.21. The highest BCUT2D eigenvalue weighted by molar-refractivity contribution is 5.85. The number of nitrogens with zero attached hydrogens (tertiary/aromatic N) is 8. The third-order valence-electron chi connectivity index (χ3n) is 6.97. The summed E-state index contributed by atoms with van der Waals surface area (Å²) in [5, 5.41) is 22.0. The quantitative estimate of drug-likeness (QED) is 0.502. The average Bonchev–Trinajstić information content (AvgIpc) is 3.39. The molecule has 5 rings (SSSR count). The van der Waals surface area contributed by atoms with E-state index < -0.39 is 11.9 Å². The van der Waals surface area contributed by atoms with E-state index in [0.29, 0.717) is 31.1 Å². The molecule has 2 aromatic heterocycles. The Morgan fingerprint density at radius 1 is 1.27 bits per heavy atom. The Morgan fingerprint density at radius 3 is 2.78 bits per heavy atom. The SMILES string of the molecule is C.Cl.[C-]#[N+]c1c(F)ccc([C@@H]2CN3CCN(CC(O)c4cnc(-n5cnnn5)cc4C)C[C@H]3CO2)c1C. The first kappa shape index (κ1) is 28.6. The van der Waals surface area contributed by atoms with Crippen molar-refractivity contribution in [1.29, 1.82) is 0 Å². The lowest BCUT2D eigenvalue weighted by molar-refractivity contribution is -0.0939. The lowest BCUT2D eigenvalue weighted by atomic mass is 9.98. The number of pyridine rings is 1. The number of fused-ring (bicyclic) bond motifs is 1. The van der Waals surface area contributed by atoms with Crippen LogP contribution in [0.25, 0.3) is 10.7 Å². The third-order valence-corrected chi connectivity index (χ3v) is 6.97. The number of halogens is 2. The topological polar surface area (TPSA) is 96.8 Å². The fourth-order valence-electron chi connectivity index (χ4n) is 5.01. The van der Waals surface area contributed by atoms with E-state index in [9.17, 15) is 9.50 Å².